The number of nitrogens with one attached hydrogen (secondary N) is 2. The Morgan fingerprint density at radius 1 is 1.26 bits per heavy atom. The van der Waals surface area contributed by atoms with Gasteiger partial charge < -0.3 is 24.4 Å². The highest BCUT2D eigenvalue weighted by Crippen LogP contribution is 2.23. The van der Waals surface area contributed by atoms with Crippen LogP contribution in [-0.4, -0.2) is 70.2 Å². The first-order chi connectivity index (χ1) is 15.1. The summed E-state index contributed by atoms with van der Waals surface area (Å²) >= 11 is 0. The highest BCUT2D eigenvalue weighted by Gasteiger charge is 2.21. The van der Waals surface area contributed by atoms with Gasteiger partial charge in [0.2, 0.25) is 11.9 Å². The number of methoxy groups -OCH3 is 1. The summed E-state index contributed by atoms with van der Waals surface area (Å²) in [4.78, 5) is 19.4. The summed E-state index contributed by atoms with van der Waals surface area (Å²) in [5, 5.41) is 10.1. The van der Waals surface area contributed by atoms with Crippen molar-refractivity contribution < 1.29 is 18.6 Å². The van der Waals surface area contributed by atoms with Crippen LogP contribution in [0.15, 0.2) is 24.4 Å². The molecule has 1 atom stereocenters. The van der Waals surface area contributed by atoms with Crippen LogP contribution in [-0.2, 0) is 9.47 Å². The molecule has 1 aliphatic rings. The van der Waals surface area contributed by atoms with Crippen LogP contribution in [0.5, 0.6) is 6.01 Å². The molecule has 0 aliphatic carbocycles. The molecule has 0 amide bonds. The van der Waals surface area contributed by atoms with Crippen LogP contribution in [0.3, 0.4) is 0 Å². The van der Waals surface area contributed by atoms with Crippen LogP contribution in [0, 0.1) is 12.7 Å². The second kappa shape index (κ2) is 9.62. The number of hydrogen-bond acceptors (Lipinski definition) is 10. The standard InChI is InChI=1S/C19H23FN8O3/c1-12-9-16(27-26-12)22-17-23-18(28-5-7-30-8-6-28)25-19(24-17)31-15(11-29-2)14-4-3-13(20)10-21-14/h3-4,9-10,15H,5-8,11H2,1-2H3,(H2,22,23,24,25,26,27)/t15-/m1/s1. The van der Waals surface area contributed by atoms with Crippen LogP contribution in [0.4, 0.5) is 22.1 Å². The van der Waals surface area contributed by atoms with Gasteiger partial charge in [0, 0.05) is 32.0 Å². The van der Waals surface area contributed by atoms with Gasteiger partial charge in [-0.1, -0.05) is 0 Å². The molecular weight excluding hydrogens is 407 g/mol. The molecule has 164 valence electrons. The van der Waals surface area contributed by atoms with E-state index < -0.39 is 11.9 Å². The molecule has 0 aromatic carbocycles. The van der Waals surface area contributed by atoms with Crippen LogP contribution < -0.4 is 15.0 Å². The minimum atomic E-state index is -0.633. The molecule has 4 heterocycles. The van der Waals surface area contributed by atoms with Gasteiger partial charge in [-0.05, 0) is 19.1 Å². The number of anilines is 3. The Morgan fingerprint density at radius 3 is 2.77 bits per heavy atom. The largest absolute Gasteiger partial charge is 0.451 e. The van der Waals surface area contributed by atoms with Gasteiger partial charge in [-0.25, -0.2) is 4.39 Å². The highest BCUT2D eigenvalue weighted by molar-refractivity contribution is 5.50. The first-order valence-electron chi connectivity index (χ1n) is 9.75. The average Bonchev–Trinajstić information content (AvgIpc) is 3.19. The normalized spacial score (nSPS) is 15.0. The molecule has 2 N–H and O–H groups in total. The summed E-state index contributed by atoms with van der Waals surface area (Å²) in [5.74, 6) is 0.860. The summed E-state index contributed by atoms with van der Waals surface area (Å²) < 4.78 is 29.9. The van der Waals surface area contributed by atoms with Gasteiger partial charge in [-0.3, -0.25) is 10.1 Å². The topological polar surface area (TPSA) is 123 Å². The van der Waals surface area contributed by atoms with Crippen molar-refractivity contribution in [3.05, 3.63) is 41.6 Å². The minimum absolute atomic E-state index is 0.0828. The van der Waals surface area contributed by atoms with Crippen molar-refractivity contribution in [1.29, 1.82) is 0 Å². The summed E-state index contributed by atoms with van der Waals surface area (Å²) in [6.07, 6.45) is 0.492. The molecule has 1 fully saturated rings. The third-order valence-corrected chi connectivity index (χ3v) is 4.49. The molecule has 3 aromatic rings. The van der Waals surface area contributed by atoms with E-state index in [1.54, 1.807) is 7.11 Å². The second-order valence-electron chi connectivity index (χ2n) is 6.87. The van der Waals surface area contributed by atoms with E-state index in [-0.39, 0.29) is 18.6 Å². The maximum atomic E-state index is 13.3. The molecule has 0 saturated carbocycles. The minimum Gasteiger partial charge on any atom is -0.451 e. The highest BCUT2D eigenvalue weighted by atomic mass is 19.1. The maximum Gasteiger partial charge on any atom is 0.323 e. The first kappa shape index (κ1) is 20.9. The van der Waals surface area contributed by atoms with Gasteiger partial charge >= 0.3 is 6.01 Å². The lowest BCUT2D eigenvalue weighted by atomic mass is 10.2. The molecule has 4 rings (SSSR count). The third-order valence-electron chi connectivity index (χ3n) is 4.49. The number of hydrogen-bond donors (Lipinski definition) is 2. The number of ether oxygens (including phenoxy) is 3. The second-order valence-corrected chi connectivity index (χ2v) is 6.87. The number of nitrogens with zero attached hydrogens (tertiary/aromatic N) is 6. The lowest BCUT2D eigenvalue weighted by molar-refractivity contribution is 0.0715. The Balaban J connectivity index is 1.63. The Kier molecular flexibility index (Phi) is 6.48. The number of aryl methyl sites for hydroxylation is 1. The van der Waals surface area contributed by atoms with Crippen LogP contribution >= 0.6 is 0 Å². The smallest absolute Gasteiger partial charge is 0.323 e. The molecule has 1 aliphatic heterocycles. The number of aromatic nitrogens is 6. The zero-order valence-corrected chi connectivity index (χ0v) is 17.2. The number of H-pyrrole nitrogens is 1. The van der Waals surface area contributed by atoms with Crippen molar-refractivity contribution in [2.75, 3.05) is 50.2 Å². The predicted molar refractivity (Wildman–Crippen MR) is 109 cm³/mol. The molecule has 12 heteroatoms. The zero-order valence-electron chi connectivity index (χ0n) is 17.2. The van der Waals surface area contributed by atoms with Gasteiger partial charge in [0.05, 0.1) is 31.7 Å². The lowest BCUT2D eigenvalue weighted by Gasteiger charge is -2.27. The Labute approximate surface area is 178 Å². The first-order valence-corrected chi connectivity index (χ1v) is 9.75. The molecular formula is C19H23FN8O3. The van der Waals surface area contributed by atoms with Crippen molar-refractivity contribution in [2.24, 2.45) is 0 Å². The Morgan fingerprint density at radius 2 is 2.10 bits per heavy atom. The number of halogens is 1. The van der Waals surface area contributed by atoms with Gasteiger partial charge in [0.1, 0.15) is 5.82 Å². The maximum absolute atomic E-state index is 13.3. The Bertz CT molecular complexity index is 994. The van der Waals surface area contributed by atoms with E-state index >= 15 is 0 Å². The third kappa shape index (κ3) is 5.41. The number of morpholine rings is 1. The lowest BCUT2D eigenvalue weighted by Crippen LogP contribution is -2.37. The average molecular weight is 430 g/mol. The monoisotopic (exact) mass is 430 g/mol. The number of aromatic amines is 1. The summed E-state index contributed by atoms with van der Waals surface area (Å²) in [5.41, 5.74) is 1.39. The SMILES string of the molecule is COC[C@@H](Oc1nc(Nc2cc(C)[nH]n2)nc(N2CCOCC2)n1)c1ccc(F)cn1. The van der Waals surface area contributed by atoms with E-state index in [9.17, 15) is 4.39 Å². The van der Waals surface area contributed by atoms with E-state index in [0.717, 1.165) is 11.9 Å². The van der Waals surface area contributed by atoms with Crippen molar-refractivity contribution in [3.8, 4) is 6.01 Å². The fraction of sp³-hybridized carbons (Fsp3) is 0.421. The van der Waals surface area contributed by atoms with Crippen LogP contribution in [0.2, 0.25) is 0 Å². The van der Waals surface area contributed by atoms with Crippen molar-refractivity contribution >= 4 is 17.7 Å². The predicted octanol–water partition coefficient (Wildman–Crippen LogP) is 1.78. The van der Waals surface area contributed by atoms with Crippen LogP contribution in [0.25, 0.3) is 0 Å². The summed E-state index contributed by atoms with van der Waals surface area (Å²) in [7, 11) is 1.54. The molecule has 0 spiro atoms. The molecule has 0 unspecified atom stereocenters. The molecule has 3 aromatic heterocycles. The van der Waals surface area contributed by atoms with E-state index in [2.05, 4.69) is 35.5 Å². The molecule has 0 bridgehead atoms. The van der Waals surface area contributed by atoms with Crippen molar-refractivity contribution in [2.45, 2.75) is 13.0 Å². The molecule has 31 heavy (non-hydrogen) atoms. The van der Waals surface area contributed by atoms with E-state index in [4.69, 9.17) is 14.2 Å². The van der Waals surface area contributed by atoms with Gasteiger partial charge in [0.25, 0.3) is 0 Å². The zero-order chi connectivity index (χ0) is 21.6. The molecule has 0 radical (unpaired) electrons. The quantitative estimate of drug-likeness (QED) is 0.547. The van der Waals surface area contributed by atoms with E-state index in [0.29, 0.717) is 43.8 Å². The van der Waals surface area contributed by atoms with Crippen LogP contribution in [0.1, 0.15) is 17.5 Å². The van der Waals surface area contributed by atoms with Gasteiger partial charge in [-0.15, -0.1) is 0 Å². The van der Waals surface area contributed by atoms with Gasteiger partial charge in [0.15, 0.2) is 11.9 Å². The van der Waals surface area contributed by atoms with Crippen molar-refractivity contribution in [3.63, 3.8) is 0 Å². The molecule has 1 saturated heterocycles. The molecule has 11 nitrogen and oxygen atoms in total. The number of pyridine rings is 1. The van der Waals surface area contributed by atoms with Crippen molar-refractivity contribution in [1.82, 2.24) is 30.1 Å². The van der Waals surface area contributed by atoms with E-state index in [1.165, 1.54) is 12.1 Å². The number of rotatable bonds is 8. The fourth-order valence-corrected chi connectivity index (χ4v) is 2.99. The summed E-state index contributed by atoms with van der Waals surface area (Å²) in [6, 6.07) is 4.76. The Hall–Kier alpha value is -3.38. The van der Waals surface area contributed by atoms with E-state index in [1.807, 2.05) is 17.9 Å². The van der Waals surface area contributed by atoms with Gasteiger partial charge in [-0.2, -0.15) is 20.1 Å². The summed E-state index contributed by atoms with van der Waals surface area (Å²) in [6.45, 7) is 4.52. The fourth-order valence-electron chi connectivity index (χ4n) is 2.99.